The van der Waals surface area contributed by atoms with Gasteiger partial charge < -0.3 is 9.73 Å². The van der Waals surface area contributed by atoms with E-state index in [1.54, 1.807) is 30.3 Å². The van der Waals surface area contributed by atoms with Gasteiger partial charge in [-0.25, -0.2) is 4.39 Å². The second kappa shape index (κ2) is 7.13. The highest BCUT2D eigenvalue weighted by atomic mass is 19.1. The first kappa shape index (κ1) is 16.0. The summed E-state index contributed by atoms with van der Waals surface area (Å²) in [5, 5.41) is 2.85. The molecule has 1 N–H and O–H groups in total. The molecule has 2 aromatic carbocycles. The molecule has 1 atom stereocenters. The highest BCUT2D eigenvalue weighted by molar-refractivity contribution is 5.92. The fourth-order valence-corrected chi connectivity index (χ4v) is 2.50. The Kier molecular flexibility index (Phi) is 4.75. The van der Waals surface area contributed by atoms with Crippen molar-refractivity contribution in [3.05, 3.63) is 83.9 Å². The van der Waals surface area contributed by atoms with Crippen LogP contribution in [0.2, 0.25) is 0 Å². The smallest absolute Gasteiger partial charge is 0.287 e. The lowest BCUT2D eigenvalue weighted by Gasteiger charge is -2.12. The Morgan fingerprint density at radius 1 is 1.04 bits per heavy atom. The lowest BCUT2D eigenvalue weighted by molar-refractivity contribution is 0.0924. The molecule has 122 valence electrons. The topological polar surface area (TPSA) is 42.2 Å². The Hall–Kier alpha value is -2.88. The summed E-state index contributed by atoms with van der Waals surface area (Å²) >= 11 is 0. The molecule has 0 aliphatic heterocycles. The Morgan fingerprint density at radius 2 is 1.75 bits per heavy atom. The first-order chi connectivity index (χ1) is 11.6. The van der Waals surface area contributed by atoms with Crippen LogP contribution in [0.15, 0.2) is 71.1 Å². The minimum atomic E-state index is -0.378. The van der Waals surface area contributed by atoms with Gasteiger partial charge in [0, 0.05) is 6.54 Å². The van der Waals surface area contributed by atoms with Gasteiger partial charge in [0.15, 0.2) is 5.76 Å². The second-order valence-corrected chi connectivity index (χ2v) is 5.67. The molecule has 3 nitrogen and oxygen atoms in total. The molecule has 0 spiro atoms. The van der Waals surface area contributed by atoms with Crippen LogP contribution in [0.1, 0.15) is 29.0 Å². The van der Waals surface area contributed by atoms with Crippen LogP contribution in [0.5, 0.6) is 0 Å². The van der Waals surface area contributed by atoms with E-state index in [1.165, 1.54) is 6.07 Å². The van der Waals surface area contributed by atoms with Crippen molar-refractivity contribution < 1.29 is 13.6 Å². The molecular weight excluding hydrogens is 305 g/mol. The third kappa shape index (κ3) is 3.54. The number of hydrogen-bond acceptors (Lipinski definition) is 2. The monoisotopic (exact) mass is 323 g/mol. The maximum Gasteiger partial charge on any atom is 0.287 e. The zero-order valence-electron chi connectivity index (χ0n) is 13.3. The SMILES string of the molecule is C[C@H](CNC(=O)c1ccc(-c2ccccc2F)o1)c1ccccc1. The molecule has 0 bridgehead atoms. The van der Waals surface area contributed by atoms with Gasteiger partial charge in [-0.2, -0.15) is 0 Å². The van der Waals surface area contributed by atoms with Gasteiger partial charge in [0.05, 0.1) is 5.56 Å². The fourth-order valence-electron chi connectivity index (χ4n) is 2.50. The minimum absolute atomic E-state index is 0.175. The van der Waals surface area contributed by atoms with Gasteiger partial charge in [0.1, 0.15) is 11.6 Å². The first-order valence-electron chi connectivity index (χ1n) is 7.83. The van der Waals surface area contributed by atoms with Crippen molar-refractivity contribution in [3.8, 4) is 11.3 Å². The summed E-state index contributed by atoms with van der Waals surface area (Å²) in [4.78, 5) is 12.2. The quantitative estimate of drug-likeness (QED) is 0.744. The molecule has 0 aliphatic carbocycles. The maximum absolute atomic E-state index is 13.8. The number of amides is 1. The van der Waals surface area contributed by atoms with E-state index >= 15 is 0 Å². The van der Waals surface area contributed by atoms with Crippen LogP contribution in [0.3, 0.4) is 0 Å². The summed E-state index contributed by atoms with van der Waals surface area (Å²) in [6.07, 6.45) is 0. The average molecular weight is 323 g/mol. The van der Waals surface area contributed by atoms with Crippen molar-refractivity contribution in [1.29, 1.82) is 0 Å². The standard InChI is InChI=1S/C20H18FNO2/c1-14(15-7-3-2-4-8-15)13-22-20(23)19-12-11-18(24-19)16-9-5-6-10-17(16)21/h2-12,14H,13H2,1H3,(H,22,23)/t14-/m1/s1. The fraction of sp³-hybridized carbons (Fsp3) is 0.150. The summed E-state index contributed by atoms with van der Waals surface area (Å²) in [5.41, 5.74) is 1.50. The van der Waals surface area contributed by atoms with E-state index < -0.39 is 0 Å². The van der Waals surface area contributed by atoms with Crippen molar-refractivity contribution in [2.45, 2.75) is 12.8 Å². The Bertz CT molecular complexity index is 826. The number of nitrogens with one attached hydrogen (secondary N) is 1. The summed E-state index contributed by atoms with van der Waals surface area (Å²) in [7, 11) is 0. The van der Waals surface area contributed by atoms with Crippen molar-refractivity contribution in [2.75, 3.05) is 6.54 Å². The number of hydrogen-bond donors (Lipinski definition) is 1. The Balaban J connectivity index is 1.65. The van der Waals surface area contributed by atoms with Crippen molar-refractivity contribution in [3.63, 3.8) is 0 Å². The zero-order valence-corrected chi connectivity index (χ0v) is 13.3. The molecule has 4 heteroatoms. The van der Waals surface area contributed by atoms with Crippen molar-refractivity contribution >= 4 is 5.91 Å². The lowest BCUT2D eigenvalue weighted by Crippen LogP contribution is -2.27. The van der Waals surface area contributed by atoms with Crippen molar-refractivity contribution in [2.24, 2.45) is 0 Å². The highest BCUT2D eigenvalue weighted by Gasteiger charge is 2.15. The third-order valence-corrected chi connectivity index (χ3v) is 3.91. The van der Waals surface area contributed by atoms with E-state index in [4.69, 9.17) is 4.42 Å². The molecule has 0 saturated heterocycles. The molecule has 3 aromatic rings. The van der Waals surface area contributed by atoms with E-state index in [-0.39, 0.29) is 23.4 Å². The Labute approximate surface area is 140 Å². The minimum Gasteiger partial charge on any atom is -0.451 e. The number of furan rings is 1. The molecular formula is C20H18FNO2. The van der Waals surface area contributed by atoms with Crippen LogP contribution in [0.25, 0.3) is 11.3 Å². The molecule has 0 radical (unpaired) electrons. The van der Waals surface area contributed by atoms with E-state index in [2.05, 4.69) is 5.32 Å². The summed E-state index contributed by atoms with van der Waals surface area (Å²) in [5.74, 6) is 0.0240. The van der Waals surface area contributed by atoms with Gasteiger partial charge in [0.25, 0.3) is 5.91 Å². The van der Waals surface area contributed by atoms with Crippen LogP contribution in [-0.2, 0) is 0 Å². The summed E-state index contributed by atoms with van der Waals surface area (Å²) < 4.78 is 19.3. The molecule has 0 aliphatic rings. The van der Waals surface area contributed by atoms with Gasteiger partial charge in [-0.1, -0.05) is 49.4 Å². The van der Waals surface area contributed by atoms with Gasteiger partial charge in [-0.15, -0.1) is 0 Å². The molecule has 0 unspecified atom stereocenters. The molecule has 1 amide bonds. The summed E-state index contributed by atoms with van der Waals surface area (Å²) in [6.45, 7) is 2.54. The molecule has 3 rings (SSSR count). The first-order valence-corrected chi connectivity index (χ1v) is 7.83. The molecule has 0 saturated carbocycles. The maximum atomic E-state index is 13.8. The molecule has 24 heavy (non-hydrogen) atoms. The predicted molar refractivity (Wildman–Crippen MR) is 91.3 cm³/mol. The van der Waals surface area contributed by atoms with Gasteiger partial charge in [-0.3, -0.25) is 4.79 Å². The average Bonchev–Trinajstić information content (AvgIpc) is 3.10. The van der Waals surface area contributed by atoms with Crippen molar-refractivity contribution in [1.82, 2.24) is 5.32 Å². The number of rotatable bonds is 5. The van der Waals surface area contributed by atoms with Gasteiger partial charge in [-0.05, 0) is 35.7 Å². The van der Waals surface area contributed by atoms with Crippen LogP contribution in [-0.4, -0.2) is 12.5 Å². The number of benzene rings is 2. The second-order valence-electron chi connectivity index (χ2n) is 5.67. The van der Waals surface area contributed by atoms with Gasteiger partial charge in [0.2, 0.25) is 0 Å². The zero-order chi connectivity index (χ0) is 16.9. The molecule has 1 aromatic heterocycles. The predicted octanol–water partition coefficient (Wildman–Crippen LogP) is 4.62. The third-order valence-electron chi connectivity index (χ3n) is 3.91. The number of carbonyl (C=O) groups is 1. The van der Waals surface area contributed by atoms with Crippen LogP contribution in [0.4, 0.5) is 4.39 Å². The normalized spacial score (nSPS) is 11.9. The Morgan fingerprint density at radius 3 is 2.50 bits per heavy atom. The van der Waals surface area contributed by atoms with Crippen LogP contribution < -0.4 is 5.32 Å². The number of carbonyl (C=O) groups excluding carboxylic acids is 1. The highest BCUT2D eigenvalue weighted by Crippen LogP contribution is 2.24. The number of halogens is 1. The molecule has 0 fully saturated rings. The molecule has 1 heterocycles. The largest absolute Gasteiger partial charge is 0.451 e. The van der Waals surface area contributed by atoms with Crippen LogP contribution in [0, 0.1) is 5.82 Å². The van der Waals surface area contributed by atoms with Gasteiger partial charge >= 0.3 is 0 Å². The summed E-state index contributed by atoms with van der Waals surface area (Å²) in [6, 6.07) is 19.4. The lowest BCUT2D eigenvalue weighted by atomic mass is 10.0. The van der Waals surface area contributed by atoms with E-state index in [0.717, 1.165) is 5.56 Å². The van der Waals surface area contributed by atoms with E-state index in [1.807, 2.05) is 37.3 Å². The van der Waals surface area contributed by atoms with Crippen LogP contribution >= 0.6 is 0 Å². The van der Waals surface area contributed by atoms with E-state index in [0.29, 0.717) is 17.9 Å². The van der Waals surface area contributed by atoms with E-state index in [9.17, 15) is 9.18 Å².